The Bertz CT molecular complexity index is 319. The van der Waals surface area contributed by atoms with Gasteiger partial charge in [0.1, 0.15) is 6.10 Å². The first-order chi connectivity index (χ1) is 7.59. The Kier molecular flexibility index (Phi) is 4.80. The van der Waals surface area contributed by atoms with Crippen molar-refractivity contribution in [2.24, 2.45) is 0 Å². The van der Waals surface area contributed by atoms with Gasteiger partial charge in [0, 0.05) is 12.8 Å². The second-order valence-electron chi connectivity index (χ2n) is 4.38. The molecule has 3 heteroatoms. The summed E-state index contributed by atoms with van der Waals surface area (Å²) in [4.78, 5) is 0. The van der Waals surface area contributed by atoms with Crippen molar-refractivity contribution in [1.29, 1.82) is 5.26 Å². The minimum atomic E-state index is -0.657. The van der Waals surface area contributed by atoms with Gasteiger partial charge in [-0.05, 0) is 20.3 Å². The van der Waals surface area contributed by atoms with Crippen LogP contribution < -0.4 is 0 Å². The lowest BCUT2D eigenvalue weighted by Gasteiger charge is -2.15. The average Bonchev–Trinajstić information content (AvgIpc) is 2.53. The Morgan fingerprint density at radius 1 is 1.25 bits per heavy atom. The molecular weight excluding hydrogens is 202 g/mol. The summed E-state index contributed by atoms with van der Waals surface area (Å²) in [5.74, 6) is 5.49. The molecule has 1 heterocycles. The maximum atomic E-state index is 8.91. The summed E-state index contributed by atoms with van der Waals surface area (Å²) in [6, 6.07) is 2.11. The largest absolute Gasteiger partial charge is 0.342 e. The van der Waals surface area contributed by atoms with Crippen LogP contribution in [-0.2, 0) is 9.47 Å². The van der Waals surface area contributed by atoms with Crippen LogP contribution in [0.5, 0.6) is 0 Å². The molecule has 0 radical (unpaired) electrons. The van der Waals surface area contributed by atoms with E-state index in [-0.39, 0.29) is 6.10 Å². The Labute approximate surface area is 97.7 Å². The molecule has 88 valence electrons. The number of rotatable bonds is 3. The number of ether oxygens (including phenoxy) is 2. The molecule has 1 rings (SSSR count). The van der Waals surface area contributed by atoms with Crippen LogP contribution in [0, 0.1) is 23.2 Å². The van der Waals surface area contributed by atoms with Crippen LogP contribution in [0.4, 0.5) is 0 Å². The fourth-order valence-corrected chi connectivity index (χ4v) is 1.62. The summed E-state index contributed by atoms with van der Waals surface area (Å²) in [7, 11) is 0. The zero-order valence-corrected chi connectivity index (χ0v) is 10.2. The second-order valence-corrected chi connectivity index (χ2v) is 4.38. The minimum Gasteiger partial charge on any atom is -0.342 e. The first-order valence-electron chi connectivity index (χ1n) is 5.80. The number of hydrogen-bond donors (Lipinski definition) is 0. The Morgan fingerprint density at radius 2 is 2.00 bits per heavy atom. The van der Waals surface area contributed by atoms with E-state index in [1.807, 2.05) is 13.8 Å². The van der Waals surface area contributed by atoms with E-state index in [0.717, 1.165) is 19.3 Å². The summed E-state index contributed by atoms with van der Waals surface area (Å²) < 4.78 is 11.0. The van der Waals surface area contributed by atoms with E-state index in [0.29, 0.717) is 6.42 Å². The molecule has 0 spiro atoms. The first kappa shape index (κ1) is 13.0. The highest BCUT2D eigenvalue weighted by Gasteiger charge is 2.40. The van der Waals surface area contributed by atoms with Gasteiger partial charge in [0.25, 0.3) is 0 Å². The number of hydrogen-bond acceptors (Lipinski definition) is 3. The van der Waals surface area contributed by atoms with Crippen LogP contribution in [-0.4, -0.2) is 18.0 Å². The van der Waals surface area contributed by atoms with Crippen molar-refractivity contribution in [2.45, 2.75) is 64.4 Å². The third-order valence-electron chi connectivity index (χ3n) is 2.39. The summed E-state index contributed by atoms with van der Waals surface area (Å²) >= 11 is 0. The van der Waals surface area contributed by atoms with Gasteiger partial charge < -0.3 is 9.47 Å². The van der Waals surface area contributed by atoms with Crippen molar-refractivity contribution < 1.29 is 9.47 Å². The minimum absolute atomic E-state index is 0.214. The molecule has 0 aromatic rings. The van der Waals surface area contributed by atoms with Crippen molar-refractivity contribution in [1.82, 2.24) is 0 Å². The molecule has 0 saturated carbocycles. The van der Waals surface area contributed by atoms with E-state index < -0.39 is 11.9 Å². The topological polar surface area (TPSA) is 42.2 Å². The molecular formula is C13H19NO2. The van der Waals surface area contributed by atoms with Crippen LogP contribution in [0.1, 0.15) is 46.5 Å². The Balaban J connectivity index is 2.41. The summed E-state index contributed by atoms with van der Waals surface area (Å²) in [6.07, 6.45) is 3.08. The predicted molar refractivity (Wildman–Crippen MR) is 61.4 cm³/mol. The van der Waals surface area contributed by atoms with Crippen molar-refractivity contribution in [3.05, 3.63) is 0 Å². The normalized spacial score (nSPS) is 26.9. The van der Waals surface area contributed by atoms with Gasteiger partial charge in [-0.2, -0.15) is 5.26 Å². The second kappa shape index (κ2) is 5.89. The Morgan fingerprint density at radius 3 is 2.62 bits per heavy atom. The van der Waals surface area contributed by atoms with Gasteiger partial charge >= 0.3 is 0 Å². The molecule has 0 aromatic heterocycles. The molecule has 3 nitrogen and oxygen atoms in total. The van der Waals surface area contributed by atoms with Gasteiger partial charge in [0.05, 0.1) is 6.07 Å². The van der Waals surface area contributed by atoms with E-state index in [2.05, 4.69) is 24.8 Å². The quantitative estimate of drug-likeness (QED) is 0.543. The predicted octanol–water partition coefficient (Wildman–Crippen LogP) is 2.61. The molecule has 16 heavy (non-hydrogen) atoms. The fourth-order valence-electron chi connectivity index (χ4n) is 1.62. The molecule has 1 aliphatic rings. The van der Waals surface area contributed by atoms with Gasteiger partial charge in [-0.15, -0.1) is 11.8 Å². The van der Waals surface area contributed by atoms with E-state index in [4.69, 9.17) is 14.7 Å². The lowest BCUT2D eigenvalue weighted by molar-refractivity contribution is -0.141. The maximum Gasteiger partial charge on any atom is 0.174 e. The van der Waals surface area contributed by atoms with Gasteiger partial charge in [-0.25, -0.2) is 0 Å². The summed E-state index contributed by atoms with van der Waals surface area (Å²) in [5.41, 5.74) is 0. The lowest BCUT2D eigenvalue weighted by Crippen LogP contribution is -2.21. The van der Waals surface area contributed by atoms with Crippen molar-refractivity contribution in [3.63, 3.8) is 0 Å². The molecule has 2 atom stereocenters. The smallest absolute Gasteiger partial charge is 0.174 e. The Hall–Kier alpha value is -1.03. The maximum absolute atomic E-state index is 8.91. The first-order valence-corrected chi connectivity index (χ1v) is 5.80. The van der Waals surface area contributed by atoms with Crippen LogP contribution in [0.3, 0.4) is 0 Å². The molecule has 0 amide bonds. The molecule has 0 bridgehead atoms. The van der Waals surface area contributed by atoms with Crippen LogP contribution in [0.15, 0.2) is 0 Å². The van der Waals surface area contributed by atoms with E-state index in [1.54, 1.807) is 0 Å². The van der Waals surface area contributed by atoms with Crippen molar-refractivity contribution >= 4 is 0 Å². The molecule has 0 unspecified atom stereocenters. The van der Waals surface area contributed by atoms with Crippen LogP contribution >= 0.6 is 0 Å². The molecule has 0 N–H and O–H groups in total. The zero-order chi connectivity index (χ0) is 12.0. The fraction of sp³-hybridized carbons (Fsp3) is 0.769. The van der Waals surface area contributed by atoms with Gasteiger partial charge in [0.15, 0.2) is 11.9 Å². The summed E-state index contributed by atoms with van der Waals surface area (Å²) in [5, 5.41) is 8.91. The molecule has 0 aromatic carbocycles. The monoisotopic (exact) mass is 221 g/mol. The molecule has 1 aliphatic heterocycles. The van der Waals surface area contributed by atoms with E-state index >= 15 is 0 Å². The molecule has 0 aliphatic carbocycles. The number of nitriles is 1. The summed E-state index contributed by atoms with van der Waals surface area (Å²) in [6.45, 7) is 5.79. The van der Waals surface area contributed by atoms with E-state index in [9.17, 15) is 0 Å². The van der Waals surface area contributed by atoms with Crippen LogP contribution in [0.25, 0.3) is 0 Å². The standard InChI is InChI=1S/C13H19NO2/c1-4-5-6-7-8-9-11-12(10-14)16-13(2,3)15-11/h11-12H,4-6,9H2,1-3H3/t11-,12-/m1/s1. The van der Waals surface area contributed by atoms with Gasteiger partial charge in [-0.1, -0.05) is 13.3 Å². The lowest BCUT2D eigenvalue weighted by atomic mass is 10.1. The highest BCUT2D eigenvalue weighted by atomic mass is 16.7. The highest BCUT2D eigenvalue weighted by Crippen LogP contribution is 2.29. The van der Waals surface area contributed by atoms with Crippen molar-refractivity contribution in [3.8, 4) is 17.9 Å². The number of nitrogens with zero attached hydrogens (tertiary/aromatic N) is 1. The molecule has 1 saturated heterocycles. The van der Waals surface area contributed by atoms with Crippen LogP contribution in [0.2, 0.25) is 0 Å². The van der Waals surface area contributed by atoms with Gasteiger partial charge in [-0.3, -0.25) is 0 Å². The highest BCUT2D eigenvalue weighted by molar-refractivity contribution is 5.06. The number of unbranched alkanes of at least 4 members (excludes halogenated alkanes) is 2. The van der Waals surface area contributed by atoms with E-state index in [1.165, 1.54) is 0 Å². The molecule has 1 fully saturated rings. The zero-order valence-electron chi connectivity index (χ0n) is 10.2. The third kappa shape index (κ3) is 3.85. The van der Waals surface area contributed by atoms with Crippen molar-refractivity contribution in [2.75, 3.05) is 0 Å². The third-order valence-corrected chi connectivity index (χ3v) is 2.39. The average molecular weight is 221 g/mol. The SMILES string of the molecule is CCCCC#CC[C@H]1OC(C)(C)O[C@@H]1C#N. The van der Waals surface area contributed by atoms with Gasteiger partial charge in [0.2, 0.25) is 0 Å².